The normalized spacial score (nSPS) is 10.5. The largest absolute Gasteiger partial charge is 0.454 e. The standard InChI is InChI=1S/C14H12Br2FNO/c1-18-8-9-2-3-11(16)7-14(9)19-13-5-4-10(15)6-12(13)17/h2-7,18H,8H2,1H3. The molecule has 19 heavy (non-hydrogen) atoms. The Kier molecular flexibility index (Phi) is 4.96. The van der Waals surface area contributed by atoms with Crippen molar-refractivity contribution in [1.82, 2.24) is 5.32 Å². The highest BCUT2D eigenvalue weighted by molar-refractivity contribution is 9.10. The van der Waals surface area contributed by atoms with Crippen LogP contribution in [0.4, 0.5) is 4.39 Å². The lowest BCUT2D eigenvalue weighted by atomic mass is 10.2. The highest BCUT2D eigenvalue weighted by Crippen LogP contribution is 2.31. The second kappa shape index (κ2) is 6.50. The predicted molar refractivity (Wildman–Crippen MR) is 81.1 cm³/mol. The molecule has 0 aliphatic rings. The Morgan fingerprint density at radius 2 is 1.74 bits per heavy atom. The van der Waals surface area contributed by atoms with E-state index in [1.807, 2.05) is 25.2 Å². The molecular formula is C14H12Br2FNO. The van der Waals surface area contributed by atoms with Crippen molar-refractivity contribution in [2.45, 2.75) is 6.54 Å². The molecule has 0 heterocycles. The van der Waals surface area contributed by atoms with Crippen molar-refractivity contribution in [3.05, 3.63) is 56.7 Å². The van der Waals surface area contributed by atoms with Crippen LogP contribution >= 0.6 is 31.9 Å². The van der Waals surface area contributed by atoms with Gasteiger partial charge in [-0.15, -0.1) is 0 Å². The third-order valence-electron chi connectivity index (χ3n) is 2.51. The summed E-state index contributed by atoms with van der Waals surface area (Å²) in [6, 6.07) is 10.4. The average Bonchev–Trinajstić information content (AvgIpc) is 2.36. The summed E-state index contributed by atoms with van der Waals surface area (Å²) < 4.78 is 21.0. The van der Waals surface area contributed by atoms with Gasteiger partial charge < -0.3 is 10.1 Å². The molecule has 0 fully saturated rings. The first-order chi connectivity index (χ1) is 9.10. The van der Waals surface area contributed by atoms with Crippen LogP contribution in [0.25, 0.3) is 0 Å². The molecular weight excluding hydrogens is 377 g/mol. The first-order valence-corrected chi connectivity index (χ1v) is 7.24. The molecule has 0 unspecified atom stereocenters. The number of benzene rings is 2. The van der Waals surface area contributed by atoms with Crippen LogP contribution in [0.15, 0.2) is 45.3 Å². The van der Waals surface area contributed by atoms with Gasteiger partial charge in [-0.3, -0.25) is 0 Å². The Hall–Kier alpha value is -0.910. The van der Waals surface area contributed by atoms with Gasteiger partial charge in [0.05, 0.1) is 0 Å². The van der Waals surface area contributed by atoms with E-state index in [4.69, 9.17) is 4.74 Å². The van der Waals surface area contributed by atoms with Gasteiger partial charge in [0.15, 0.2) is 11.6 Å². The van der Waals surface area contributed by atoms with Gasteiger partial charge in [0, 0.05) is 21.1 Å². The van der Waals surface area contributed by atoms with Crippen molar-refractivity contribution >= 4 is 31.9 Å². The zero-order valence-corrected chi connectivity index (χ0v) is 13.4. The first kappa shape index (κ1) is 14.5. The average molecular weight is 389 g/mol. The molecule has 0 aliphatic carbocycles. The fourth-order valence-electron chi connectivity index (χ4n) is 1.64. The van der Waals surface area contributed by atoms with Crippen molar-refractivity contribution in [3.8, 4) is 11.5 Å². The maximum absolute atomic E-state index is 13.8. The molecule has 0 bridgehead atoms. The number of rotatable bonds is 4. The summed E-state index contributed by atoms with van der Waals surface area (Å²) >= 11 is 6.61. The molecule has 1 N–H and O–H groups in total. The lowest BCUT2D eigenvalue weighted by molar-refractivity contribution is 0.436. The zero-order valence-electron chi connectivity index (χ0n) is 10.2. The van der Waals surface area contributed by atoms with Gasteiger partial charge in [-0.1, -0.05) is 37.9 Å². The van der Waals surface area contributed by atoms with Crippen LogP contribution in [-0.4, -0.2) is 7.05 Å². The maximum Gasteiger partial charge on any atom is 0.166 e. The Bertz CT molecular complexity index is 590. The Labute approximate surface area is 128 Å². The first-order valence-electron chi connectivity index (χ1n) is 5.66. The molecule has 2 nitrogen and oxygen atoms in total. The summed E-state index contributed by atoms with van der Waals surface area (Å²) in [5.74, 6) is 0.438. The van der Waals surface area contributed by atoms with Crippen LogP contribution in [0, 0.1) is 5.82 Å². The summed E-state index contributed by atoms with van der Waals surface area (Å²) in [5, 5.41) is 3.06. The number of ether oxygens (including phenoxy) is 1. The van der Waals surface area contributed by atoms with E-state index in [2.05, 4.69) is 37.2 Å². The number of halogens is 3. The van der Waals surface area contributed by atoms with Crippen LogP contribution in [0.1, 0.15) is 5.56 Å². The molecule has 0 aromatic heterocycles. The van der Waals surface area contributed by atoms with E-state index in [1.165, 1.54) is 6.07 Å². The topological polar surface area (TPSA) is 21.3 Å². The fourth-order valence-corrected chi connectivity index (χ4v) is 2.31. The molecule has 0 saturated carbocycles. The van der Waals surface area contributed by atoms with E-state index in [9.17, 15) is 4.39 Å². The van der Waals surface area contributed by atoms with Gasteiger partial charge in [-0.05, 0) is 37.4 Å². The highest BCUT2D eigenvalue weighted by Gasteiger charge is 2.09. The van der Waals surface area contributed by atoms with Crippen molar-refractivity contribution in [3.63, 3.8) is 0 Å². The minimum atomic E-state index is -0.398. The molecule has 0 spiro atoms. The van der Waals surface area contributed by atoms with E-state index in [1.54, 1.807) is 12.1 Å². The van der Waals surface area contributed by atoms with Crippen LogP contribution in [0.3, 0.4) is 0 Å². The van der Waals surface area contributed by atoms with Crippen LogP contribution in [-0.2, 0) is 6.54 Å². The second-order valence-electron chi connectivity index (χ2n) is 3.96. The van der Waals surface area contributed by atoms with Crippen molar-refractivity contribution in [2.24, 2.45) is 0 Å². The predicted octanol–water partition coefficient (Wildman–Crippen LogP) is 4.86. The van der Waals surface area contributed by atoms with Gasteiger partial charge in [0.2, 0.25) is 0 Å². The van der Waals surface area contributed by atoms with Crippen LogP contribution in [0.5, 0.6) is 11.5 Å². The van der Waals surface area contributed by atoms with E-state index in [-0.39, 0.29) is 5.75 Å². The zero-order chi connectivity index (χ0) is 13.8. The van der Waals surface area contributed by atoms with Gasteiger partial charge in [0.1, 0.15) is 5.75 Å². The Morgan fingerprint density at radius 1 is 1.05 bits per heavy atom. The maximum atomic E-state index is 13.8. The summed E-state index contributed by atoms with van der Waals surface area (Å²) in [6.07, 6.45) is 0. The van der Waals surface area contributed by atoms with Gasteiger partial charge >= 0.3 is 0 Å². The molecule has 2 rings (SSSR count). The van der Waals surface area contributed by atoms with E-state index in [0.717, 1.165) is 10.0 Å². The molecule has 0 amide bonds. The smallest absolute Gasteiger partial charge is 0.166 e. The van der Waals surface area contributed by atoms with Crippen LogP contribution in [0.2, 0.25) is 0 Å². The summed E-state index contributed by atoms with van der Waals surface area (Å²) in [5.41, 5.74) is 0.966. The fraction of sp³-hybridized carbons (Fsp3) is 0.143. The molecule has 2 aromatic rings. The summed E-state index contributed by atoms with van der Waals surface area (Å²) in [7, 11) is 1.85. The summed E-state index contributed by atoms with van der Waals surface area (Å²) in [4.78, 5) is 0. The monoisotopic (exact) mass is 387 g/mol. The van der Waals surface area contributed by atoms with Gasteiger partial charge in [-0.2, -0.15) is 0 Å². The number of nitrogens with one attached hydrogen (secondary N) is 1. The van der Waals surface area contributed by atoms with E-state index < -0.39 is 5.82 Å². The lowest BCUT2D eigenvalue weighted by Crippen LogP contribution is -2.06. The van der Waals surface area contributed by atoms with E-state index in [0.29, 0.717) is 16.8 Å². The quantitative estimate of drug-likeness (QED) is 0.807. The molecule has 100 valence electrons. The molecule has 0 saturated heterocycles. The van der Waals surface area contributed by atoms with Crippen molar-refractivity contribution in [2.75, 3.05) is 7.05 Å². The number of hydrogen-bond donors (Lipinski definition) is 1. The molecule has 2 aromatic carbocycles. The highest BCUT2D eigenvalue weighted by atomic mass is 79.9. The molecule has 0 aliphatic heterocycles. The number of hydrogen-bond acceptors (Lipinski definition) is 2. The Balaban J connectivity index is 2.33. The molecule has 0 radical (unpaired) electrons. The van der Waals surface area contributed by atoms with Crippen molar-refractivity contribution in [1.29, 1.82) is 0 Å². The summed E-state index contributed by atoms with van der Waals surface area (Å²) in [6.45, 7) is 0.654. The van der Waals surface area contributed by atoms with Gasteiger partial charge in [-0.25, -0.2) is 4.39 Å². The second-order valence-corrected chi connectivity index (χ2v) is 5.79. The van der Waals surface area contributed by atoms with E-state index >= 15 is 0 Å². The lowest BCUT2D eigenvalue weighted by Gasteiger charge is -2.12. The molecule has 5 heteroatoms. The van der Waals surface area contributed by atoms with Gasteiger partial charge in [0.25, 0.3) is 0 Å². The Morgan fingerprint density at radius 3 is 2.42 bits per heavy atom. The molecule has 0 atom stereocenters. The minimum absolute atomic E-state index is 0.207. The van der Waals surface area contributed by atoms with Crippen LogP contribution < -0.4 is 10.1 Å². The van der Waals surface area contributed by atoms with Crippen molar-refractivity contribution < 1.29 is 9.13 Å². The third-order valence-corrected chi connectivity index (χ3v) is 3.50. The minimum Gasteiger partial charge on any atom is -0.454 e. The third kappa shape index (κ3) is 3.78. The SMILES string of the molecule is CNCc1ccc(Br)cc1Oc1ccc(Br)cc1F.